The molecule has 1 aliphatic carbocycles. The van der Waals surface area contributed by atoms with Gasteiger partial charge in [-0.2, -0.15) is 19.6 Å². The summed E-state index contributed by atoms with van der Waals surface area (Å²) in [4.78, 5) is 22.3. The number of aromatic nitrogens is 4. The molecule has 2 aliphatic rings. The number of amides is 1. The zero-order valence-corrected chi connectivity index (χ0v) is 23.6. The normalized spacial score (nSPS) is 21.3. The standard InChI is InChI=1S/C27H33ClF2N6O3/c1-13(2)14(3)33-24-22(23(28)34-25-31-12-32-36(24)25)21-19(29)7-15(8-20(21)30)38-11-18-16-9-35(10-17(16)18)26(37)39-27(4,5)6/h7-8,12-14,16-18,33H,9-11H2,1-6H3/t14-,16?,17?,18?/m1/s1. The maximum absolute atomic E-state index is 15.5. The molecule has 1 saturated carbocycles. The molecule has 9 nitrogen and oxygen atoms in total. The first kappa shape index (κ1) is 27.4. The number of halogens is 3. The number of carbonyl (C=O) groups is 1. The number of piperidine rings is 1. The molecule has 0 spiro atoms. The Hall–Kier alpha value is -3.21. The zero-order valence-electron chi connectivity index (χ0n) is 22.8. The predicted octanol–water partition coefficient (Wildman–Crippen LogP) is 5.67. The van der Waals surface area contributed by atoms with E-state index in [1.54, 1.807) is 4.90 Å². The molecule has 39 heavy (non-hydrogen) atoms. The summed E-state index contributed by atoms with van der Waals surface area (Å²) in [5, 5.41) is 7.35. The number of anilines is 1. The summed E-state index contributed by atoms with van der Waals surface area (Å²) in [5.41, 5.74) is -0.813. The molecule has 0 radical (unpaired) electrons. The second-order valence-corrected chi connectivity index (χ2v) is 12.1. The van der Waals surface area contributed by atoms with Gasteiger partial charge in [-0.05, 0) is 45.4 Å². The van der Waals surface area contributed by atoms with E-state index < -0.39 is 17.2 Å². The summed E-state index contributed by atoms with van der Waals surface area (Å²) in [6, 6.07) is 2.25. The number of fused-ring (bicyclic) bond motifs is 2. The summed E-state index contributed by atoms with van der Waals surface area (Å²) in [6.07, 6.45) is 0.986. The maximum atomic E-state index is 15.5. The van der Waals surface area contributed by atoms with Gasteiger partial charge in [0.1, 0.15) is 40.3 Å². The van der Waals surface area contributed by atoms with Crippen LogP contribution in [0.15, 0.2) is 18.5 Å². The number of benzene rings is 1. The molecule has 2 fully saturated rings. The van der Waals surface area contributed by atoms with Crippen LogP contribution in [0.1, 0.15) is 41.5 Å². The Bertz CT molecular complexity index is 1370. The lowest BCUT2D eigenvalue weighted by Crippen LogP contribution is -2.37. The van der Waals surface area contributed by atoms with E-state index in [1.165, 1.54) is 10.8 Å². The fraction of sp³-hybridized carbons (Fsp3) is 0.556. The van der Waals surface area contributed by atoms with Crippen LogP contribution in [0.2, 0.25) is 5.15 Å². The number of ether oxygens (including phenoxy) is 2. The van der Waals surface area contributed by atoms with Gasteiger partial charge < -0.3 is 19.7 Å². The minimum atomic E-state index is -0.833. The van der Waals surface area contributed by atoms with Crippen LogP contribution in [-0.4, -0.2) is 61.9 Å². The summed E-state index contributed by atoms with van der Waals surface area (Å²) in [5.74, 6) is -0.0498. The van der Waals surface area contributed by atoms with Gasteiger partial charge in [-0.3, -0.25) is 0 Å². The van der Waals surface area contributed by atoms with E-state index >= 15 is 8.78 Å². The minimum Gasteiger partial charge on any atom is -0.493 e. The smallest absolute Gasteiger partial charge is 0.410 e. The van der Waals surface area contributed by atoms with Gasteiger partial charge in [0.05, 0.1) is 17.7 Å². The first-order valence-electron chi connectivity index (χ1n) is 13.1. The lowest BCUT2D eigenvalue weighted by Gasteiger charge is -2.26. The van der Waals surface area contributed by atoms with Crippen molar-refractivity contribution in [2.24, 2.45) is 23.7 Å². The zero-order chi connectivity index (χ0) is 28.2. The monoisotopic (exact) mass is 562 g/mol. The van der Waals surface area contributed by atoms with Crippen LogP contribution in [-0.2, 0) is 4.74 Å². The molecule has 2 aromatic heterocycles. The van der Waals surface area contributed by atoms with Crippen LogP contribution < -0.4 is 10.1 Å². The second-order valence-electron chi connectivity index (χ2n) is 11.7. The molecule has 3 heterocycles. The fourth-order valence-corrected chi connectivity index (χ4v) is 5.25. The number of likely N-dealkylation sites (tertiary alicyclic amines) is 1. The Kier molecular flexibility index (Phi) is 7.07. The Morgan fingerprint density at radius 3 is 2.38 bits per heavy atom. The second kappa shape index (κ2) is 10.1. The van der Waals surface area contributed by atoms with Crippen molar-refractivity contribution in [1.82, 2.24) is 24.5 Å². The summed E-state index contributed by atoms with van der Waals surface area (Å²) in [6.45, 7) is 13.0. The number of nitrogens with zero attached hydrogens (tertiary/aromatic N) is 5. The molecule has 5 rings (SSSR count). The van der Waals surface area contributed by atoms with Crippen molar-refractivity contribution in [2.45, 2.75) is 53.2 Å². The van der Waals surface area contributed by atoms with Crippen LogP contribution in [0.5, 0.6) is 5.75 Å². The molecular weight excluding hydrogens is 530 g/mol. The highest BCUT2D eigenvalue weighted by atomic mass is 35.5. The van der Waals surface area contributed by atoms with Gasteiger partial charge in [0.15, 0.2) is 0 Å². The van der Waals surface area contributed by atoms with E-state index in [4.69, 9.17) is 21.1 Å². The van der Waals surface area contributed by atoms with Crippen molar-refractivity contribution in [3.63, 3.8) is 0 Å². The number of nitrogens with one attached hydrogen (secondary N) is 1. The topological polar surface area (TPSA) is 93.9 Å². The Morgan fingerprint density at radius 1 is 1.15 bits per heavy atom. The third-order valence-electron chi connectivity index (χ3n) is 7.48. The number of carbonyl (C=O) groups excluding carboxylic acids is 1. The summed E-state index contributed by atoms with van der Waals surface area (Å²) in [7, 11) is 0. The van der Waals surface area contributed by atoms with Gasteiger partial charge >= 0.3 is 6.09 Å². The van der Waals surface area contributed by atoms with Crippen molar-refractivity contribution in [3.8, 4) is 16.9 Å². The van der Waals surface area contributed by atoms with E-state index in [0.29, 0.717) is 37.4 Å². The van der Waals surface area contributed by atoms with E-state index in [0.717, 1.165) is 12.1 Å². The van der Waals surface area contributed by atoms with E-state index in [2.05, 4.69) is 20.4 Å². The van der Waals surface area contributed by atoms with E-state index in [1.807, 2.05) is 41.5 Å². The van der Waals surface area contributed by atoms with Crippen molar-refractivity contribution in [3.05, 3.63) is 35.2 Å². The van der Waals surface area contributed by atoms with Crippen molar-refractivity contribution < 1.29 is 23.0 Å². The van der Waals surface area contributed by atoms with Crippen LogP contribution in [0.25, 0.3) is 16.9 Å². The van der Waals surface area contributed by atoms with Gasteiger partial charge in [0.2, 0.25) is 0 Å². The van der Waals surface area contributed by atoms with Gasteiger partial charge in [-0.25, -0.2) is 13.6 Å². The third kappa shape index (κ3) is 5.46. The molecule has 2 unspecified atom stereocenters. The van der Waals surface area contributed by atoms with Gasteiger partial charge in [-0.15, -0.1) is 0 Å². The molecule has 1 saturated heterocycles. The fourth-order valence-electron chi connectivity index (χ4n) is 4.99. The van der Waals surface area contributed by atoms with Crippen molar-refractivity contribution >= 4 is 29.3 Å². The SMILES string of the molecule is CC(C)[C@@H](C)Nc1c(-c2c(F)cc(OCC3C4CN(C(=O)OC(C)(C)C)CC34)cc2F)c(Cl)nc2ncnn12. The van der Waals surface area contributed by atoms with Gasteiger partial charge in [0.25, 0.3) is 5.78 Å². The molecule has 0 bridgehead atoms. The summed E-state index contributed by atoms with van der Waals surface area (Å²) < 4.78 is 43.6. The molecule has 1 aliphatic heterocycles. The molecule has 12 heteroatoms. The highest BCUT2D eigenvalue weighted by molar-refractivity contribution is 6.33. The maximum Gasteiger partial charge on any atom is 0.410 e. The van der Waals surface area contributed by atoms with Crippen molar-refractivity contribution in [2.75, 3.05) is 25.0 Å². The quantitative estimate of drug-likeness (QED) is 0.371. The first-order valence-corrected chi connectivity index (χ1v) is 13.5. The predicted molar refractivity (Wildman–Crippen MR) is 143 cm³/mol. The molecule has 1 aromatic carbocycles. The molecule has 3 aromatic rings. The average molecular weight is 563 g/mol. The number of hydrogen-bond donors (Lipinski definition) is 1. The number of rotatable bonds is 7. The molecule has 1 N–H and O–H groups in total. The highest BCUT2D eigenvalue weighted by Crippen LogP contribution is 2.52. The molecule has 210 valence electrons. The number of hydrogen-bond acceptors (Lipinski definition) is 7. The lowest BCUT2D eigenvalue weighted by atomic mass is 10.0. The molecule has 1 amide bonds. The van der Waals surface area contributed by atoms with Gasteiger partial charge in [-0.1, -0.05) is 25.4 Å². The Balaban J connectivity index is 1.32. The third-order valence-corrected chi connectivity index (χ3v) is 7.75. The summed E-state index contributed by atoms with van der Waals surface area (Å²) >= 11 is 6.45. The van der Waals surface area contributed by atoms with Crippen LogP contribution in [0, 0.1) is 35.3 Å². The van der Waals surface area contributed by atoms with Crippen LogP contribution in [0.3, 0.4) is 0 Å². The van der Waals surface area contributed by atoms with E-state index in [9.17, 15) is 4.79 Å². The molecule has 3 atom stereocenters. The molecular formula is C27H33ClF2N6O3. The Morgan fingerprint density at radius 2 is 1.79 bits per heavy atom. The van der Waals surface area contributed by atoms with Crippen LogP contribution >= 0.6 is 11.6 Å². The first-order chi connectivity index (χ1) is 18.3. The largest absolute Gasteiger partial charge is 0.493 e. The lowest BCUT2D eigenvalue weighted by molar-refractivity contribution is 0.0260. The Labute approximate surface area is 230 Å². The van der Waals surface area contributed by atoms with Gasteiger partial charge in [0, 0.05) is 37.2 Å². The minimum absolute atomic E-state index is 0.0580. The average Bonchev–Trinajstić information content (AvgIpc) is 3.16. The highest BCUT2D eigenvalue weighted by Gasteiger charge is 2.57. The van der Waals surface area contributed by atoms with E-state index in [-0.39, 0.29) is 51.8 Å². The van der Waals surface area contributed by atoms with Crippen LogP contribution in [0.4, 0.5) is 19.4 Å². The van der Waals surface area contributed by atoms with Crippen molar-refractivity contribution in [1.29, 1.82) is 0 Å².